The molecule has 0 bridgehead atoms. The number of primary amides is 1. The van der Waals surface area contributed by atoms with Gasteiger partial charge in [-0.05, 0) is 41.7 Å². The average Bonchev–Trinajstić information content (AvgIpc) is 3.00. The van der Waals surface area contributed by atoms with E-state index in [4.69, 9.17) is 10.5 Å². The number of allylic oxidation sites excluding steroid dienone is 4. The molecule has 3 rings (SSSR count). The maximum absolute atomic E-state index is 13.6. The van der Waals surface area contributed by atoms with Gasteiger partial charge in [-0.1, -0.05) is 70.8 Å². The Morgan fingerprint density at radius 2 is 2.00 bits per heavy atom. The molecule has 0 fully saturated rings. The topological polar surface area (TPSA) is 52.3 Å². The highest BCUT2D eigenvalue weighted by Gasteiger charge is 2.24. The highest BCUT2D eigenvalue weighted by Crippen LogP contribution is 2.35. The predicted molar refractivity (Wildman–Crippen MR) is 124 cm³/mol. The van der Waals surface area contributed by atoms with E-state index in [-0.39, 0.29) is 5.56 Å². The summed E-state index contributed by atoms with van der Waals surface area (Å²) in [5, 5.41) is 0. The monoisotopic (exact) mass is 441 g/mol. The minimum atomic E-state index is -2.96. The van der Waals surface area contributed by atoms with Crippen LogP contribution < -0.4 is 10.5 Å². The Morgan fingerprint density at radius 3 is 2.71 bits per heavy atom. The second-order valence-electron chi connectivity index (χ2n) is 7.33. The summed E-state index contributed by atoms with van der Waals surface area (Å²) in [7, 11) is 1.57. The van der Waals surface area contributed by atoms with E-state index in [0.717, 1.165) is 34.4 Å². The van der Waals surface area contributed by atoms with Gasteiger partial charge in [-0.3, -0.25) is 4.79 Å². The van der Waals surface area contributed by atoms with E-state index < -0.39 is 11.6 Å². The molecule has 162 valence electrons. The number of ether oxygens (including phenoxy) is 1. The predicted octanol–water partition coefficient (Wildman–Crippen LogP) is 5.55. The van der Waals surface area contributed by atoms with Gasteiger partial charge in [0.25, 0.3) is 5.66 Å². The fourth-order valence-electron chi connectivity index (χ4n) is 3.47. The minimum absolute atomic E-state index is 0.0378. The van der Waals surface area contributed by atoms with Crippen LogP contribution in [0.1, 0.15) is 35.6 Å². The molecule has 1 aliphatic carbocycles. The van der Waals surface area contributed by atoms with Crippen molar-refractivity contribution in [3.8, 4) is 5.75 Å². The van der Waals surface area contributed by atoms with Crippen LogP contribution in [0.3, 0.4) is 0 Å². The number of carbonyl (C=O) groups excluding carboxylic acids is 1. The van der Waals surface area contributed by atoms with Crippen molar-refractivity contribution < 1.29 is 18.3 Å². The van der Waals surface area contributed by atoms with Crippen LogP contribution in [0.15, 0.2) is 72.3 Å². The summed E-state index contributed by atoms with van der Waals surface area (Å²) in [5.41, 5.74) is 6.49. The maximum atomic E-state index is 13.6. The Bertz CT molecular complexity index is 1050. The number of para-hydroxylation sites is 1. The molecule has 0 heterocycles. The van der Waals surface area contributed by atoms with Crippen LogP contribution in [0, 0.1) is 0 Å². The van der Waals surface area contributed by atoms with Gasteiger partial charge in [-0.2, -0.15) is 8.78 Å². The van der Waals surface area contributed by atoms with Gasteiger partial charge in [0.15, 0.2) is 0 Å². The first-order chi connectivity index (χ1) is 14.8. The molecular weight excluding hydrogens is 415 g/mol. The first kappa shape index (κ1) is 22.9. The maximum Gasteiger partial charge on any atom is 0.283 e. The lowest BCUT2D eigenvalue weighted by Crippen LogP contribution is -2.12. The number of nitrogens with two attached hydrogens (primary N) is 1. The van der Waals surface area contributed by atoms with E-state index in [2.05, 4.69) is 0 Å². The van der Waals surface area contributed by atoms with Crippen molar-refractivity contribution >= 4 is 20.7 Å². The summed E-state index contributed by atoms with van der Waals surface area (Å²) in [4.78, 5) is 11.7. The molecular formula is C25H26F2NO2P. The van der Waals surface area contributed by atoms with Crippen LogP contribution in [-0.4, -0.2) is 12.5 Å². The fourth-order valence-corrected chi connectivity index (χ4v) is 3.65. The van der Waals surface area contributed by atoms with Crippen LogP contribution >= 0.6 is 9.24 Å². The molecule has 0 spiro atoms. The van der Waals surface area contributed by atoms with E-state index in [0.29, 0.717) is 25.0 Å². The number of benzene rings is 2. The van der Waals surface area contributed by atoms with Crippen molar-refractivity contribution in [2.75, 3.05) is 6.61 Å². The van der Waals surface area contributed by atoms with Crippen molar-refractivity contribution in [1.82, 2.24) is 0 Å². The fraction of sp³-hybridized carbons (Fsp3) is 0.240. The van der Waals surface area contributed by atoms with Gasteiger partial charge in [-0.25, -0.2) is 0 Å². The van der Waals surface area contributed by atoms with Gasteiger partial charge in [0.05, 0.1) is 6.61 Å². The van der Waals surface area contributed by atoms with Gasteiger partial charge in [0.2, 0.25) is 5.91 Å². The number of hydrogen-bond acceptors (Lipinski definition) is 2. The molecule has 0 saturated heterocycles. The van der Waals surface area contributed by atoms with Crippen LogP contribution in [0.5, 0.6) is 5.75 Å². The van der Waals surface area contributed by atoms with E-state index in [9.17, 15) is 13.6 Å². The number of aryl methyl sites for hydroxylation is 1. The molecule has 0 saturated carbocycles. The Kier molecular flexibility index (Phi) is 7.40. The normalized spacial score (nSPS) is 13.9. The molecule has 1 aliphatic rings. The highest BCUT2D eigenvalue weighted by molar-refractivity contribution is 7.17. The quantitative estimate of drug-likeness (QED) is 0.546. The summed E-state index contributed by atoms with van der Waals surface area (Å²) in [6.07, 6.45) is 9.39. The molecule has 1 unspecified atom stereocenters. The Morgan fingerprint density at radius 1 is 1.23 bits per heavy atom. The second kappa shape index (κ2) is 10.0. The van der Waals surface area contributed by atoms with Crippen LogP contribution in [0.4, 0.5) is 8.78 Å². The third kappa shape index (κ3) is 5.89. The Hall–Kier alpha value is -2.78. The lowest BCUT2D eigenvalue weighted by Gasteiger charge is -2.17. The van der Waals surface area contributed by atoms with E-state index in [1.807, 2.05) is 43.3 Å². The molecule has 0 aromatic heterocycles. The summed E-state index contributed by atoms with van der Waals surface area (Å²) in [5.74, 6) is 0.264. The van der Waals surface area contributed by atoms with E-state index in [1.54, 1.807) is 27.5 Å². The summed E-state index contributed by atoms with van der Waals surface area (Å²) in [6, 6.07) is 12.3. The van der Waals surface area contributed by atoms with Gasteiger partial charge in [0, 0.05) is 23.1 Å². The lowest BCUT2D eigenvalue weighted by molar-refractivity contribution is -0.114. The van der Waals surface area contributed by atoms with Crippen molar-refractivity contribution in [1.29, 1.82) is 0 Å². The van der Waals surface area contributed by atoms with Crippen LogP contribution in [0.25, 0.3) is 5.57 Å². The van der Waals surface area contributed by atoms with Gasteiger partial charge in [0.1, 0.15) is 5.75 Å². The number of halogens is 2. The molecule has 0 aliphatic heterocycles. The third-order valence-electron chi connectivity index (χ3n) is 5.10. The Labute approximate surface area is 183 Å². The van der Waals surface area contributed by atoms with Crippen molar-refractivity contribution in [3.63, 3.8) is 0 Å². The molecule has 1 atom stereocenters. The zero-order chi connectivity index (χ0) is 22.4. The zero-order valence-corrected chi connectivity index (χ0v) is 18.6. The van der Waals surface area contributed by atoms with E-state index in [1.165, 1.54) is 12.1 Å². The lowest BCUT2D eigenvalue weighted by atomic mass is 9.98. The van der Waals surface area contributed by atoms with Gasteiger partial charge in [-0.15, -0.1) is 0 Å². The molecule has 1 amide bonds. The molecule has 31 heavy (non-hydrogen) atoms. The number of hydrogen-bond donors (Lipinski definition) is 1. The molecule has 2 aromatic rings. The summed E-state index contributed by atoms with van der Waals surface area (Å²) in [6.45, 7) is 2.38. The SMILES string of the molecule is CCc1cccc(C2=CC(C(N)=O)=CCC=C2)c1OCCc1cccc(C(F)(F)P)c1. The number of rotatable bonds is 8. The Balaban J connectivity index is 1.85. The van der Waals surface area contributed by atoms with Crippen molar-refractivity contribution in [2.24, 2.45) is 5.73 Å². The van der Waals surface area contributed by atoms with E-state index >= 15 is 0 Å². The summed E-state index contributed by atoms with van der Waals surface area (Å²) >= 11 is 0. The van der Waals surface area contributed by atoms with Crippen molar-refractivity contribution in [2.45, 2.75) is 31.8 Å². The van der Waals surface area contributed by atoms with Gasteiger partial charge < -0.3 is 10.5 Å². The molecule has 2 N–H and O–H groups in total. The van der Waals surface area contributed by atoms with Gasteiger partial charge >= 0.3 is 0 Å². The largest absolute Gasteiger partial charge is 0.492 e. The smallest absolute Gasteiger partial charge is 0.283 e. The zero-order valence-electron chi connectivity index (χ0n) is 17.4. The number of carbonyl (C=O) groups is 1. The van der Waals surface area contributed by atoms with Crippen LogP contribution in [-0.2, 0) is 23.3 Å². The van der Waals surface area contributed by atoms with Crippen molar-refractivity contribution in [3.05, 3.63) is 94.6 Å². The standard InChI is InChI=1S/C25H26F2NO2P/c1-2-18-10-6-12-22(19-8-3-4-9-20(16-19)24(28)29)23(18)30-14-13-17-7-5-11-21(15-17)25(26,27)31/h3,5-12,15-16H,2,4,13-14,31H2,1H3,(H2,28,29). The molecule has 2 aromatic carbocycles. The highest BCUT2D eigenvalue weighted by atomic mass is 31.0. The second-order valence-corrected chi connectivity index (χ2v) is 8.06. The first-order valence-electron chi connectivity index (χ1n) is 10.2. The number of alkyl halides is 2. The molecule has 6 heteroatoms. The minimum Gasteiger partial charge on any atom is -0.492 e. The summed E-state index contributed by atoms with van der Waals surface area (Å²) < 4.78 is 33.3. The average molecular weight is 441 g/mol. The molecule has 0 radical (unpaired) electrons. The third-order valence-corrected chi connectivity index (χ3v) is 5.44. The molecule has 3 nitrogen and oxygen atoms in total. The van der Waals surface area contributed by atoms with Crippen LogP contribution in [0.2, 0.25) is 0 Å². The first-order valence-corrected chi connectivity index (χ1v) is 10.8. The number of amides is 1.